The van der Waals surface area contributed by atoms with E-state index in [4.69, 9.17) is 4.74 Å². The fourth-order valence-corrected chi connectivity index (χ4v) is 2.96. The number of rotatable bonds is 4. The lowest BCUT2D eigenvalue weighted by Gasteiger charge is -2.19. The van der Waals surface area contributed by atoms with Crippen molar-refractivity contribution in [3.05, 3.63) is 56.7 Å². The maximum atomic E-state index is 13.1. The van der Waals surface area contributed by atoms with Gasteiger partial charge in [0.05, 0.1) is 12.8 Å². The summed E-state index contributed by atoms with van der Waals surface area (Å²) < 4.78 is 20.0. The van der Waals surface area contributed by atoms with Gasteiger partial charge in [-0.25, -0.2) is 4.39 Å². The highest BCUT2D eigenvalue weighted by Gasteiger charge is 2.12. The third-order valence-electron chi connectivity index (χ3n) is 2.97. The van der Waals surface area contributed by atoms with Crippen LogP contribution in [-0.4, -0.2) is 7.11 Å². The molecule has 2 aromatic rings. The van der Waals surface area contributed by atoms with Gasteiger partial charge < -0.3 is 10.1 Å². The summed E-state index contributed by atoms with van der Waals surface area (Å²) in [5.74, 6) is 0.524. The average Bonchev–Trinajstić information content (AvgIpc) is 2.41. The van der Waals surface area contributed by atoms with Gasteiger partial charge in [0.25, 0.3) is 0 Å². The van der Waals surface area contributed by atoms with Gasteiger partial charge in [0.1, 0.15) is 11.6 Å². The molecule has 2 aromatic carbocycles. The van der Waals surface area contributed by atoms with Crippen LogP contribution in [0.4, 0.5) is 10.1 Å². The van der Waals surface area contributed by atoms with Crippen LogP contribution in [-0.2, 0) is 0 Å². The Balaban J connectivity index is 2.25. The maximum absolute atomic E-state index is 13.1. The largest absolute Gasteiger partial charge is 0.497 e. The summed E-state index contributed by atoms with van der Waals surface area (Å²) in [4.78, 5) is 0. The number of hydrogen-bond donors (Lipinski definition) is 1. The summed E-state index contributed by atoms with van der Waals surface area (Å²) in [5.41, 5.74) is 1.91. The molecule has 5 heteroatoms. The first-order chi connectivity index (χ1) is 9.51. The first-order valence-electron chi connectivity index (χ1n) is 6.06. The van der Waals surface area contributed by atoms with E-state index in [0.29, 0.717) is 0 Å². The SMILES string of the molecule is COc1ccc(Br)c(NC(C)c2ccc(F)cc2Br)c1. The van der Waals surface area contributed by atoms with E-state index in [2.05, 4.69) is 37.2 Å². The molecule has 1 atom stereocenters. The number of benzene rings is 2. The Labute approximate surface area is 134 Å². The second-order valence-electron chi connectivity index (χ2n) is 4.38. The molecule has 0 heterocycles. The van der Waals surface area contributed by atoms with Gasteiger partial charge in [-0.15, -0.1) is 0 Å². The van der Waals surface area contributed by atoms with E-state index in [1.54, 1.807) is 13.2 Å². The Morgan fingerprint density at radius 2 is 1.85 bits per heavy atom. The monoisotopic (exact) mass is 401 g/mol. The van der Waals surface area contributed by atoms with Crippen molar-refractivity contribution in [2.24, 2.45) is 0 Å². The molecule has 0 radical (unpaired) electrons. The molecule has 0 aliphatic heterocycles. The van der Waals surface area contributed by atoms with E-state index in [0.717, 1.165) is 25.9 Å². The molecular formula is C15H14Br2FNO. The lowest BCUT2D eigenvalue weighted by molar-refractivity contribution is 0.415. The zero-order valence-corrected chi connectivity index (χ0v) is 14.3. The Morgan fingerprint density at radius 3 is 2.50 bits per heavy atom. The second-order valence-corrected chi connectivity index (χ2v) is 6.09. The molecule has 0 saturated carbocycles. The molecule has 106 valence electrons. The molecule has 0 aliphatic carbocycles. The van der Waals surface area contributed by atoms with Crippen LogP contribution < -0.4 is 10.1 Å². The predicted octanol–water partition coefficient (Wildman–Crippen LogP) is 5.53. The summed E-state index contributed by atoms with van der Waals surface area (Å²) in [5, 5.41) is 3.38. The third-order valence-corrected chi connectivity index (χ3v) is 4.35. The number of hydrogen-bond acceptors (Lipinski definition) is 2. The van der Waals surface area contributed by atoms with E-state index in [9.17, 15) is 4.39 Å². The highest BCUT2D eigenvalue weighted by atomic mass is 79.9. The van der Waals surface area contributed by atoms with Gasteiger partial charge in [0.15, 0.2) is 0 Å². The fourth-order valence-electron chi connectivity index (χ4n) is 1.91. The molecule has 0 amide bonds. The highest BCUT2D eigenvalue weighted by molar-refractivity contribution is 9.11. The quantitative estimate of drug-likeness (QED) is 0.725. The number of anilines is 1. The van der Waals surface area contributed by atoms with Gasteiger partial charge in [-0.3, -0.25) is 0 Å². The third kappa shape index (κ3) is 3.52. The van der Waals surface area contributed by atoms with Crippen LogP contribution in [0.3, 0.4) is 0 Å². The van der Waals surface area contributed by atoms with Gasteiger partial charge in [0.2, 0.25) is 0 Å². The van der Waals surface area contributed by atoms with E-state index in [1.165, 1.54) is 12.1 Å². The Morgan fingerprint density at radius 1 is 1.10 bits per heavy atom. The van der Waals surface area contributed by atoms with Crippen LogP contribution in [0, 0.1) is 5.82 Å². The molecule has 0 aromatic heterocycles. The molecule has 2 rings (SSSR count). The summed E-state index contributed by atoms with van der Waals surface area (Å²) in [6.45, 7) is 2.02. The lowest BCUT2D eigenvalue weighted by atomic mass is 10.1. The van der Waals surface area contributed by atoms with Crippen LogP contribution in [0.25, 0.3) is 0 Å². The Bertz CT molecular complexity index is 619. The number of halogens is 3. The molecule has 0 bridgehead atoms. The highest BCUT2D eigenvalue weighted by Crippen LogP contribution is 2.32. The topological polar surface area (TPSA) is 21.3 Å². The van der Waals surface area contributed by atoms with Crippen LogP contribution in [0.5, 0.6) is 5.75 Å². The van der Waals surface area contributed by atoms with Crippen molar-refractivity contribution in [2.75, 3.05) is 12.4 Å². The van der Waals surface area contributed by atoms with Crippen molar-refractivity contribution in [1.29, 1.82) is 0 Å². The van der Waals surface area contributed by atoms with Gasteiger partial charge in [-0.2, -0.15) is 0 Å². The first-order valence-corrected chi connectivity index (χ1v) is 7.65. The van der Waals surface area contributed by atoms with Gasteiger partial charge in [-0.1, -0.05) is 22.0 Å². The molecule has 0 saturated heterocycles. The van der Waals surface area contributed by atoms with E-state index < -0.39 is 0 Å². The van der Waals surface area contributed by atoms with Crippen molar-refractivity contribution in [1.82, 2.24) is 0 Å². The summed E-state index contributed by atoms with van der Waals surface area (Å²) in [7, 11) is 1.63. The fraction of sp³-hybridized carbons (Fsp3) is 0.200. The predicted molar refractivity (Wildman–Crippen MR) is 86.8 cm³/mol. The molecule has 0 aliphatic rings. The van der Waals surface area contributed by atoms with Gasteiger partial charge >= 0.3 is 0 Å². The van der Waals surface area contributed by atoms with Crippen molar-refractivity contribution in [2.45, 2.75) is 13.0 Å². The minimum Gasteiger partial charge on any atom is -0.497 e. The Kier molecular flexibility index (Phi) is 5.05. The summed E-state index contributed by atoms with van der Waals surface area (Å²) in [6.07, 6.45) is 0. The molecule has 1 N–H and O–H groups in total. The summed E-state index contributed by atoms with van der Waals surface area (Å²) >= 11 is 6.89. The van der Waals surface area contributed by atoms with E-state index in [1.807, 2.05) is 25.1 Å². The molecule has 1 unspecified atom stereocenters. The normalized spacial score (nSPS) is 12.1. The molecule has 2 nitrogen and oxygen atoms in total. The number of ether oxygens (including phenoxy) is 1. The first kappa shape index (κ1) is 15.3. The molecular weight excluding hydrogens is 389 g/mol. The van der Waals surface area contributed by atoms with Gasteiger partial charge in [0, 0.05) is 21.1 Å². The standard InChI is InChI=1S/C15H14Br2FNO/c1-9(12-5-3-10(18)7-14(12)17)19-15-8-11(20-2)4-6-13(15)16/h3-9,19H,1-2H3. The smallest absolute Gasteiger partial charge is 0.124 e. The average molecular weight is 403 g/mol. The van der Waals surface area contributed by atoms with E-state index >= 15 is 0 Å². The van der Waals surface area contributed by atoms with Gasteiger partial charge in [-0.05, 0) is 52.7 Å². The second kappa shape index (κ2) is 6.59. The van der Waals surface area contributed by atoms with Crippen molar-refractivity contribution in [3.63, 3.8) is 0 Å². The lowest BCUT2D eigenvalue weighted by Crippen LogP contribution is -2.08. The van der Waals surface area contributed by atoms with Crippen LogP contribution in [0.1, 0.15) is 18.5 Å². The van der Waals surface area contributed by atoms with Crippen LogP contribution in [0.2, 0.25) is 0 Å². The number of nitrogens with one attached hydrogen (secondary N) is 1. The van der Waals surface area contributed by atoms with Crippen LogP contribution in [0.15, 0.2) is 45.3 Å². The minimum absolute atomic E-state index is 0.0216. The zero-order valence-electron chi connectivity index (χ0n) is 11.1. The molecule has 20 heavy (non-hydrogen) atoms. The van der Waals surface area contributed by atoms with Crippen molar-refractivity contribution in [3.8, 4) is 5.75 Å². The summed E-state index contributed by atoms with van der Waals surface area (Å²) in [6, 6.07) is 10.4. The molecule has 0 fully saturated rings. The van der Waals surface area contributed by atoms with Crippen LogP contribution >= 0.6 is 31.9 Å². The molecule has 0 spiro atoms. The van der Waals surface area contributed by atoms with Crippen molar-refractivity contribution >= 4 is 37.5 Å². The Hall–Kier alpha value is -1.07. The van der Waals surface area contributed by atoms with E-state index in [-0.39, 0.29) is 11.9 Å². The van der Waals surface area contributed by atoms with Crippen molar-refractivity contribution < 1.29 is 9.13 Å². The minimum atomic E-state index is -0.254. The maximum Gasteiger partial charge on any atom is 0.124 e. The number of methoxy groups -OCH3 is 1. The zero-order chi connectivity index (χ0) is 14.7.